The molecule has 0 radical (unpaired) electrons. The third-order valence-corrected chi connectivity index (χ3v) is 2.66. The summed E-state index contributed by atoms with van der Waals surface area (Å²) in [6.07, 6.45) is 1.08. The van der Waals surface area contributed by atoms with Gasteiger partial charge in [0.25, 0.3) is 0 Å². The number of ether oxygens (including phenoxy) is 1. The SMILES string of the molecule is CCC1(C)CNCC(C)(C)CO1. The van der Waals surface area contributed by atoms with E-state index in [-0.39, 0.29) is 11.0 Å². The van der Waals surface area contributed by atoms with E-state index in [0.717, 1.165) is 26.1 Å². The van der Waals surface area contributed by atoms with Gasteiger partial charge in [-0.15, -0.1) is 0 Å². The Morgan fingerprint density at radius 2 is 1.92 bits per heavy atom. The van der Waals surface area contributed by atoms with Gasteiger partial charge in [-0.05, 0) is 13.3 Å². The van der Waals surface area contributed by atoms with E-state index in [2.05, 4.69) is 33.0 Å². The third-order valence-electron chi connectivity index (χ3n) is 2.66. The van der Waals surface area contributed by atoms with Gasteiger partial charge in [0.05, 0.1) is 12.2 Å². The molecule has 0 saturated carbocycles. The first kappa shape index (κ1) is 10.0. The van der Waals surface area contributed by atoms with Crippen LogP contribution in [0.2, 0.25) is 0 Å². The van der Waals surface area contributed by atoms with E-state index in [1.54, 1.807) is 0 Å². The summed E-state index contributed by atoms with van der Waals surface area (Å²) in [5, 5.41) is 3.45. The molecule has 1 rings (SSSR count). The van der Waals surface area contributed by atoms with Gasteiger partial charge >= 0.3 is 0 Å². The first-order valence-corrected chi connectivity index (χ1v) is 4.82. The molecule has 1 saturated heterocycles. The van der Waals surface area contributed by atoms with Crippen LogP contribution in [0.1, 0.15) is 34.1 Å². The van der Waals surface area contributed by atoms with Crippen LogP contribution in [0.4, 0.5) is 0 Å². The Morgan fingerprint density at radius 3 is 2.50 bits per heavy atom. The molecule has 1 aliphatic heterocycles. The molecule has 1 heterocycles. The van der Waals surface area contributed by atoms with E-state index in [1.807, 2.05) is 0 Å². The van der Waals surface area contributed by atoms with E-state index in [0.29, 0.717) is 0 Å². The lowest BCUT2D eigenvalue weighted by Crippen LogP contribution is -2.37. The predicted octanol–water partition coefficient (Wildman–Crippen LogP) is 1.80. The minimum absolute atomic E-state index is 0.0494. The Bertz CT molecular complexity index is 156. The average molecular weight is 171 g/mol. The summed E-state index contributed by atoms with van der Waals surface area (Å²) in [6.45, 7) is 11.7. The molecule has 2 heteroatoms. The van der Waals surface area contributed by atoms with Crippen LogP contribution in [-0.2, 0) is 4.74 Å². The Kier molecular flexibility index (Phi) is 2.79. The van der Waals surface area contributed by atoms with Crippen LogP contribution in [0.5, 0.6) is 0 Å². The Hall–Kier alpha value is -0.0800. The molecule has 12 heavy (non-hydrogen) atoms. The van der Waals surface area contributed by atoms with Crippen LogP contribution in [0, 0.1) is 5.41 Å². The molecule has 1 aliphatic rings. The topological polar surface area (TPSA) is 21.3 Å². The standard InChI is InChI=1S/C10H21NO/c1-5-10(4)7-11-6-9(2,3)8-12-10/h11H,5-8H2,1-4H3. The van der Waals surface area contributed by atoms with Crippen LogP contribution in [0.25, 0.3) is 0 Å². The summed E-state index contributed by atoms with van der Waals surface area (Å²) in [5.41, 5.74) is 0.334. The zero-order valence-electron chi connectivity index (χ0n) is 8.74. The van der Waals surface area contributed by atoms with Crippen molar-refractivity contribution in [3.05, 3.63) is 0 Å². The fraction of sp³-hybridized carbons (Fsp3) is 1.00. The highest BCUT2D eigenvalue weighted by atomic mass is 16.5. The second-order valence-electron chi connectivity index (χ2n) is 4.86. The van der Waals surface area contributed by atoms with Crippen LogP contribution in [0.3, 0.4) is 0 Å². The van der Waals surface area contributed by atoms with Gasteiger partial charge in [-0.3, -0.25) is 0 Å². The molecule has 1 N–H and O–H groups in total. The molecule has 0 spiro atoms. The van der Waals surface area contributed by atoms with E-state index in [9.17, 15) is 0 Å². The summed E-state index contributed by atoms with van der Waals surface area (Å²) in [7, 11) is 0. The molecule has 0 aromatic heterocycles. The summed E-state index contributed by atoms with van der Waals surface area (Å²) < 4.78 is 5.89. The van der Waals surface area contributed by atoms with Gasteiger partial charge in [0.2, 0.25) is 0 Å². The lowest BCUT2D eigenvalue weighted by Gasteiger charge is -2.28. The minimum Gasteiger partial charge on any atom is -0.373 e. The van der Waals surface area contributed by atoms with Crippen LogP contribution in [-0.4, -0.2) is 25.3 Å². The first-order chi connectivity index (χ1) is 5.47. The Balaban J connectivity index is 2.56. The highest BCUT2D eigenvalue weighted by Gasteiger charge is 2.30. The van der Waals surface area contributed by atoms with Gasteiger partial charge in [-0.2, -0.15) is 0 Å². The Morgan fingerprint density at radius 1 is 1.25 bits per heavy atom. The van der Waals surface area contributed by atoms with Crippen LogP contribution >= 0.6 is 0 Å². The lowest BCUT2D eigenvalue weighted by molar-refractivity contribution is -0.0466. The largest absolute Gasteiger partial charge is 0.373 e. The second-order valence-corrected chi connectivity index (χ2v) is 4.86. The first-order valence-electron chi connectivity index (χ1n) is 4.82. The number of nitrogens with one attached hydrogen (secondary N) is 1. The molecule has 2 nitrogen and oxygen atoms in total. The zero-order chi connectivity index (χ0) is 9.24. The number of rotatable bonds is 1. The van der Waals surface area contributed by atoms with Crippen molar-refractivity contribution < 1.29 is 4.74 Å². The molecular formula is C10H21NO. The molecule has 0 aromatic rings. The maximum atomic E-state index is 5.89. The second kappa shape index (κ2) is 3.35. The van der Waals surface area contributed by atoms with Crippen molar-refractivity contribution in [3.63, 3.8) is 0 Å². The normalized spacial score (nSPS) is 36.0. The van der Waals surface area contributed by atoms with Crippen molar-refractivity contribution in [1.82, 2.24) is 5.32 Å². The quantitative estimate of drug-likeness (QED) is 0.649. The van der Waals surface area contributed by atoms with Gasteiger partial charge in [0.1, 0.15) is 0 Å². The predicted molar refractivity (Wildman–Crippen MR) is 51.3 cm³/mol. The van der Waals surface area contributed by atoms with Gasteiger partial charge in [0, 0.05) is 18.5 Å². The maximum Gasteiger partial charge on any atom is 0.0775 e. The lowest BCUT2D eigenvalue weighted by atomic mass is 9.95. The van der Waals surface area contributed by atoms with Crippen molar-refractivity contribution in [2.45, 2.75) is 39.7 Å². The molecule has 0 amide bonds. The average Bonchev–Trinajstić information content (AvgIpc) is 2.13. The van der Waals surface area contributed by atoms with E-state index in [4.69, 9.17) is 4.74 Å². The summed E-state index contributed by atoms with van der Waals surface area (Å²) in [5.74, 6) is 0. The fourth-order valence-corrected chi connectivity index (χ4v) is 1.36. The van der Waals surface area contributed by atoms with Crippen molar-refractivity contribution in [2.75, 3.05) is 19.7 Å². The zero-order valence-corrected chi connectivity index (χ0v) is 8.74. The van der Waals surface area contributed by atoms with Crippen molar-refractivity contribution in [3.8, 4) is 0 Å². The molecule has 1 atom stereocenters. The fourth-order valence-electron chi connectivity index (χ4n) is 1.36. The van der Waals surface area contributed by atoms with Gasteiger partial charge in [0.15, 0.2) is 0 Å². The van der Waals surface area contributed by atoms with Crippen molar-refractivity contribution in [1.29, 1.82) is 0 Å². The molecule has 0 aliphatic carbocycles. The number of hydrogen-bond donors (Lipinski definition) is 1. The molecule has 0 aromatic carbocycles. The molecule has 72 valence electrons. The molecule has 0 bridgehead atoms. The van der Waals surface area contributed by atoms with Gasteiger partial charge < -0.3 is 10.1 Å². The Labute approximate surface area is 75.7 Å². The van der Waals surface area contributed by atoms with Gasteiger partial charge in [-0.25, -0.2) is 0 Å². The monoisotopic (exact) mass is 171 g/mol. The van der Waals surface area contributed by atoms with Crippen LogP contribution in [0.15, 0.2) is 0 Å². The van der Waals surface area contributed by atoms with E-state index >= 15 is 0 Å². The van der Waals surface area contributed by atoms with Gasteiger partial charge in [-0.1, -0.05) is 20.8 Å². The smallest absolute Gasteiger partial charge is 0.0775 e. The molecule has 1 unspecified atom stereocenters. The van der Waals surface area contributed by atoms with Crippen LogP contribution < -0.4 is 5.32 Å². The molecular weight excluding hydrogens is 150 g/mol. The highest BCUT2D eigenvalue weighted by Crippen LogP contribution is 2.24. The summed E-state index contributed by atoms with van der Waals surface area (Å²) >= 11 is 0. The molecule has 1 fully saturated rings. The highest BCUT2D eigenvalue weighted by molar-refractivity contribution is 4.84. The van der Waals surface area contributed by atoms with Crippen molar-refractivity contribution >= 4 is 0 Å². The maximum absolute atomic E-state index is 5.89. The summed E-state index contributed by atoms with van der Waals surface area (Å²) in [4.78, 5) is 0. The van der Waals surface area contributed by atoms with Crippen molar-refractivity contribution in [2.24, 2.45) is 5.41 Å². The summed E-state index contributed by atoms with van der Waals surface area (Å²) in [6, 6.07) is 0. The minimum atomic E-state index is 0.0494. The van der Waals surface area contributed by atoms with E-state index < -0.39 is 0 Å². The van der Waals surface area contributed by atoms with E-state index in [1.165, 1.54) is 0 Å². The number of hydrogen-bond acceptors (Lipinski definition) is 2. The third kappa shape index (κ3) is 2.46.